The topological polar surface area (TPSA) is 38.3 Å². The van der Waals surface area contributed by atoms with E-state index in [1.807, 2.05) is 24.3 Å². The predicted octanol–water partition coefficient (Wildman–Crippen LogP) is 2.94. The van der Waals surface area contributed by atoms with Gasteiger partial charge in [0.25, 0.3) is 0 Å². The number of carbonyl (C=O) groups is 1. The van der Waals surface area contributed by atoms with Crippen molar-refractivity contribution in [3.63, 3.8) is 0 Å². The van der Waals surface area contributed by atoms with Crippen LogP contribution >= 0.6 is 11.6 Å². The second-order valence-electron chi connectivity index (χ2n) is 3.91. The van der Waals surface area contributed by atoms with Crippen molar-refractivity contribution >= 4 is 17.6 Å². The van der Waals surface area contributed by atoms with E-state index in [0.29, 0.717) is 6.42 Å². The Morgan fingerprint density at radius 3 is 2.94 bits per heavy atom. The van der Waals surface area contributed by atoms with Crippen LogP contribution in [0.1, 0.15) is 31.4 Å². The fraction of sp³-hybridized carbons (Fsp3) is 0.462. The van der Waals surface area contributed by atoms with Gasteiger partial charge in [-0.2, -0.15) is 0 Å². The lowest BCUT2D eigenvalue weighted by atomic mass is 10.1. The molecule has 0 aliphatic heterocycles. The quantitative estimate of drug-likeness (QED) is 0.627. The molecule has 1 atom stereocenters. The molecule has 0 aliphatic carbocycles. The van der Waals surface area contributed by atoms with Gasteiger partial charge in [-0.25, -0.2) is 0 Å². The van der Waals surface area contributed by atoms with Crippen LogP contribution in [0.15, 0.2) is 24.3 Å². The molecule has 1 rings (SSSR count). The Hall–Kier alpha value is -1.06. The monoisotopic (exact) mass is 255 g/mol. The lowest BCUT2D eigenvalue weighted by molar-refractivity contribution is -0.140. The van der Waals surface area contributed by atoms with E-state index in [4.69, 9.17) is 11.6 Å². The Kier molecular flexibility index (Phi) is 6.01. The lowest BCUT2D eigenvalue weighted by Gasteiger charge is -2.14. The van der Waals surface area contributed by atoms with Gasteiger partial charge in [0.15, 0.2) is 0 Å². The largest absolute Gasteiger partial charge is 0.469 e. The highest BCUT2D eigenvalue weighted by Gasteiger charge is 2.05. The average Bonchev–Trinajstić information content (AvgIpc) is 2.34. The molecule has 1 aromatic carbocycles. The molecule has 0 amide bonds. The average molecular weight is 256 g/mol. The van der Waals surface area contributed by atoms with Crippen LogP contribution in [-0.2, 0) is 9.53 Å². The summed E-state index contributed by atoms with van der Waals surface area (Å²) in [6, 6.07) is 7.99. The molecular formula is C13H18ClNO2. The van der Waals surface area contributed by atoms with Gasteiger partial charge in [-0.15, -0.1) is 0 Å². The molecule has 0 spiro atoms. The van der Waals surface area contributed by atoms with Gasteiger partial charge in [-0.05, 0) is 37.6 Å². The Morgan fingerprint density at radius 2 is 2.29 bits per heavy atom. The van der Waals surface area contributed by atoms with Crippen molar-refractivity contribution in [2.75, 3.05) is 13.7 Å². The summed E-state index contributed by atoms with van der Waals surface area (Å²) in [4.78, 5) is 10.9. The van der Waals surface area contributed by atoms with Crippen LogP contribution in [0, 0.1) is 0 Å². The van der Waals surface area contributed by atoms with Crippen LogP contribution in [0.3, 0.4) is 0 Å². The van der Waals surface area contributed by atoms with Gasteiger partial charge in [-0.3, -0.25) is 4.79 Å². The number of esters is 1. The first-order chi connectivity index (χ1) is 8.13. The molecule has 4 heteroatoms. The fourth-order valence-corrected chi connectivity index (χ4v) is 1.75. The zero-order valence-corrected chi connectivity index (χ0v) is 11.0. The van der Waals surface area contributed by atoms with Crippen LogP contribution in [0.4, 0.5) is 0 Å². The first kappa shape index (κ1) is 14.0. The number of hydrogen-bond acceptors (Lipinski definition) is 3. The molecule has 0 radical (unpaired) electrons. The lowest BCUT2D eigenvalue weighted by Crippen LogP contribution is -2.20. The van der Waals surface area contributed by atoms with Crippen LogP contribution < -0.4 is 5.32 Å². The van der Waals surface area contributed by atoms with E-state index < -0.39 is 0 Å². The Labute approximate surface area is 107 Å². The van der Waals surface area contributed by atoms with E-state index in [-0.39, 0.29) is 12.0 Å². The molecule has 1 N–H and O–H groups in total. The van der Waals surface area contributed by atoms with Crippen molar-refractivity contribution in [2.24, 2.45) is 0 Å². The van der Waals surface area contributed by atoms with Crippen molar-refractivity contribution < 1.29 is 9.53 Å². The number of carbonyl (C=O) groups excluding carboxylic acids is 1. The van der Waals surface area contributed by atoms with E-state index in [1.54, 1.807) is 0 Å². The Balaban J connectivity index is 2.30. The summed E-state index contributed by atoms with van der Waals surface area (Å²) in [6.07, 6.45) is 1.23. The maximum atomic E-state index is 10.9. The molecular weight excluding hydrogens is 238 g/mol. The number of nitrogens with one attached hydrogen (secondary N) is 1. The van der Waals surface area contributed by atoms with Gasteiger partial charge < -0.3 is 10.1 Å². The van der Waals surface area contributed by atoms with Crippen LogP contribution in [0.25, 0.3) is 0 Å². The molecule has 0 aliphatic rings. The number of halogens is 1. The first-order valence-electron chi connectivity index (χ1n) is 5.69. The molecule has 0 aromatic heterocycles. The van der Waals surface area contributed by atoms with Crippen molar-refractivity contribution in [2.45, 2.75) is 25.8 Å². The van der Waals surface area contributed by atoms with E-state index in [2.05, 4.69) is 17.0 Å². The Morgan fingerprint density at radius 1 is 1.53 bits per heavy atom. The number of hydrogen-bond donors (Lipinski definition) is 1. The maximum Gasteiger partial charge on any atom is 0.305 e. The standard InChI is InChI=1S/C13H18ClNO2/c1-10(11-5-3-6-12(14)9-11)15-8-4-7-13(16)17-2/h3,5-6,9-10,15H,4,7-8H2,1-2H3. The summed E-state index contributed by atoms with van der Waals surface area (Å²) in [5.74, 6) is -0.165. The minimum Gasteiger partial charge on any atom is -0.469 e. The number of benzene rings is 1. The highest BCUT2D eigenvalue weighted by molar-refractivity contribution is 6.30. The zero-order valence-electron chi connectivity index (χ0n) is 10.2. The Bertz CT molecular complexity index is 368. The van der Waals surface area contributed by atoms with Crippen molar-refractivity contribution in [3.05, 3.63) is 34.9 Å². The van der Waals surface area contributed by atoms with Gasteiger partial charge in [0, 0.05) is 17.5 Å². The van der Waals surface area contributed by atoms with E-state index in [9.17, 15) is 4.79 Å². The van der Waals surface area contributed by atoms with E-state index in [0.717, 1.165) is 23.6 Å². The van der Waals surface area contributed by atoms with Crippen molar-refractivity contribution in [1.29, 1.82) is 0 Å². The second kappa shape index (κ2) is 7.30. The molecule has 0 saturated heterocycles. The fourth-order valence-electron chi connectivity index (χ4n) is 1.55. The normalized spacial score (nSPS) is 12.2. The van der Waals surface area contributed by atoms with Gasteiger partial charge in [0.05, 0.1) is 7.11 Å². The van der Waals surface area contributed by atoms with Crippen LogP contribution in [0.5, 0.6) is 0 Å². The third-order valence-electron chi connectivity index (χ3n) is 2.58. The molecule has 1 aromatic rings. The van der Waals surface area contributed by atoms with Gasteiger partial charge in [0.1, 0.15) is 0 Å². The van der Waals surface area contributed by atoms with Crippen LogP contribution in [-0.4, -0.2) is 19.6 Å². The first-order valence-corrected chi connectivity index (χ1v) is 6.07. The number of rotatable bonds is 6. The SMILES string of the molecule is COC(=O)CCCNC(C)c1cccc(Cl)c1. The highest BCUT2D eigenvalue weighted by atomic mass is 35.5. The second-order valence-corrected chi connectivity index (χ2v) is 4.35. The molecule has 17 heavy (non-hydrogen) atoms. The van der Waals surface area contributed by atoms with Crippen molar-refractivity contribution in [1.82, 2.24) is 5.32 Å². The smallest absolute Gasteiger partial charge is 0.305 e. The third kappa shape index (κ3) is 5.20. The summed E-state index contributed by atoms with van der Waals surface area (Å²) < 4.78 is 4.57. The molecule has 94 valence electrons. The summed E-state index contributed by atoms with van der Waals surface area (Å²) in [6.45, 7) is 2.85. The minimum absolute atomic E-state index is 0.165. The minimum atomic E-state index is -0.165. The molecule has 0 fully saturated rings. The number of methoxy groups -OCH3 is 1. The molecule has 0 bridgehead atoms. The maximum absolute atomic E-state index is 10.9. The van der Waals surface area contributed by atoms with Gasteiger partial charge in [0.2, 0.25) is 0 Å². The van der Waals surface area contributed by atoms with Gasteiger partial charge in [-0.1, -0.05) is 23.7 Å². The van der Waals surface area contributed by atoms with Crippen molar-refractivity contribution in [3.8, 4) is 0 Å². The molecule has 1 unspecified atom stereocenters. The summed E-state index contributed by atoms with van der Waals surface area (Å²) in [5, 5.41) is 4.08. The third-order valence-corrected chi connectivity index (χ3v) is 2.82. The zero-order chi connectivity index (χ0) is 12.7. The summed E-state index contributed by atoms with van der Waals surface area (Å²) in [5.41, 5.74) is 1.15. The number of ether oxygens (including phenoxy) is 1. The predicted molar refractivity (Wildman–Crippen MR) is 69.1 cm³/mol. The van der Waals surface area contributed by atoms with E-state index in [1.165, 1.54) is 7.11 Å². The van der Waals surface area contributed by atoms with Gasteiger partial charge >= 0.3 is 5.97 Å². The molecule has 3 nitrogen and oxygen atoms in total. The van der Waals surface area contributed by atoms with Crippen LogP contribution in [0.2, 0.25) is 5.02 Å². The summed E-state index contributed by atoms with van der Waals surface area (Å²) in [7, 11) is 1.41. The molecule has 0 heterocycles. The van der Waals surface area contributed by atoms with E-state index >= 15 is 0 Å². The highest BCUT2D eigenvalue weighted by Crippen LogP contribution is 2.17. The molecule has 0 saturated carbocycles. The summed E-state index contributed by atoms with van der Waals surface area (Å²) >= 11 is 5.92.